The van der Waals surface area contributed by atoms with Crippen molar-refractivity contribution >= 4 is 27.6 Å². The van der Waals surface area contributed by atoms with E-state index in [1.807, 2.05) is 12.1 Å². The molecule has 2 heterocycles. The SMILES string of the molecule is [C-]#[N+]c1ccc2c(oc3c(-c4cc(C)c(CC(C)(C)C)c(C)[n+]4C)c(C)ccc32)c1-c1ccc(C(C)C)cc1. The number of pyridine rings is 1. The number of hydrogen-bond donors (Lipinski definition) is 0. The zero-order valence-electron chi connectivity index (χ0n) is 24.8. The van der Waals surface area contributed by atoms with Gasteiger partial charge in [0, 0.05) is 34.9 Å². The fourth-order valence-electron chi connectivity index (χ4n) is 5.81. The molecule has 5 rings (SSSR count). The van der Waals surface area contributed by atoms with E-state index in [1.165, 1.54) is 27.9 Å². The standard InChI is InChI=1S/C36H39N2O/c1-21(2)25-12-14-26(15-13-25)33-30(37-9)18-17-28-27-16-11-22(3)32(34(27)39-35(28)33)31-19-23(4)29(20-36(6,7)8)24(5)38(31)10/h11-19,21H,20H2,1-8,10H3/q+1. The van der Waals surface area contributed by atoms with Gasteiger partial charge in [0.15, 0.2) is 11.4 Å². The van der Waals surface area contributed by atoms with E-state index in [0.717, 1.165) is 50.7 Å². The van der Waals surface area contributed by atoms with Crippen molar-refractivity contribution in [2.45, 2.75) is 67.7 Å². The first kappa shape index (κ1) is 26.7. The third-order valence-electron chi connectivity index (χ3n) is 8.08. The third kappa shape index (κ3) is 4.63. The summed E-state index contributed by atoms with van der Waals surface area (Å²) in [6.07, 6.45) is 1.03. The Morgan fingerprint density at radius 2 is 1.46 bits per heavy atom. The Kier molecular flexibility index (Phi) is 6.63. The summed E-state index contributed by atoms with van der Waals surface area (Å²) in [4.78, 5) is 3.88. The molecule has 0 saturated carbocycles. The van der Waals surface area contributed by atoms with Crippen LogP contribution in [0.4, 0.5) is 5.69 Å². The Labute approximate surface area is 232 Å². The highest BCUT2D eigenvalue weighted by atomic mass is 16.3. The second kappa shape index (κ2) is 9.69. The van der Waals surface area contributed by atoms with Gasteiger partial charge in [-0.05, 0) is 53.9 Å². The van der Waals surface area contributed by atoms with E-state index >= 15 is 0 Å². The van der Waals surface area contributed by atoms with Gasteiger partial charge in [-0.2, -0.15) is 4.57 Å². The maximum Gasteiger partial charge on any atom is 0.216 e. The molecule has 0 unspecified atom stereocenters. The van der Waals surface area contributed by atoms with E-state index in [-0.39, 0.29) is 5.41 Å². The van der Waals surface area contributed by atoms with Crippen molar-refractivity contribution in [2.24, 2.45) is 12.5 Å². The number of aryl methyl sites for hydroxylation is 2. The topological polar surface area (TPSA) is 21.4 Å². The summed E-state index contributed by atoms with van der Waals surface area (Å²) < 4.78 is 9.13. The Morgan fingerprint density at radius 3 is 2.05 bits per heavy atom. The van der Waals surface area contributed by atoms with Gasteiger partial charge in [-0.15, -0.1) is 0 Å². The number of furan rings is 1. The lowest BCUT2D eigenvalue weighted by atomic mass is 9.85. The highest BCUT2D eigenvalue weighted by Crippen LogP contribution is 2.44. The fourth-order valence-corrected chi connectivity index (χ4v) is 5.81. The van der Waals surface area contributed by atoms with Crippen LogP contribution in [0.1, 0.15) is 68.5 Å². The number of benzene rings is 3. The van der Waals surface area contributed by atoms with E-state index in [9.17, 15) is 0 Å². The number of aromatic nitrogens is 1. The minimum Gasteiger partial charge on any atom is -0.456 e. The summed E-state index contributed by atoms with van der Waals surface area (Å²) in [7, 11) is 2.16. The third-order valence-corrected chi connectivity index (χ3v) is 8.08. The predicted molar refractivity (Wildman–Crippen MR) is 163 cm³/mol. The second-order valence-corrected chi connectivity index (χ2v) is 12.5. The van der Waals surface area contributed by atoms with Crippen LogP contribution in [0.2, 0.25) is 0 Å². The second-order valence-electron chi connectivity index (χ2n) is 12.5. The Hall–Kier alpha value is -3.90. The van der Waals surface area contributed by atoms with E-state index < -0.39 is 0 Å². The first-order valence-electron chi connectivity index (χ1n) is 13.9. The van der Waals surface area contributed by atoms with Crippen molar-refractivity contribution in [3.8, 4) is 22.4 Å². The maximum absolute atomic E-state index is 7.90. The molecule has 0 saturated heterocycles. The lowest BCUT2D eigenvalue weighted by Gasteiger charge is -2.21. The van der Waals surface area contributed by atoms with Crippen LogP contribution < -0.4 is 4.57 Å². The molecule has 2 aromatic heterocycles. The molecule has 0 radical (unpaired) electrons. The molecule has 0 aliphatic rings. The van der Waals surface area contributed by atoms with Crippen LogP contribution in [0, 0.1) is 32.8 Å². The smallest absolute Gasteiger partial charge is 0.216 e. The zero-order valence-corrected chi connectivity index (χ0v) is 24.8. The van der Waals surface area contributed by atoms with E-state index in [0.29, 0.717) is 11.6 Å². The van der Waals surface area contributed by atoms with Gasteiger partial charge in [0.25, 0.3) is 0 Å². The van der Waals surface area contributed by atoms with Crippen molar-refractivity contribution in [3.05, 3.63) is 94.0 Å². The average Bonchev–Trinajstić information content (AvgIpc) is 3.26. The number of nitrogens with zero attached hydrogens (tertiary/aromatic N) is 2. The number of hydrogen-bond acceptors (Lipinski definition) is 1. The summed E-state index contributed by atoms with van der Waals surface area (Å²) in [5, 5.41) is 2.12. The van der Waals surface area contributed by atoms with Crippen LogP contribution in [0.5, 0.6) is 0 Å². The van der Waals surface area contributed by atoms with Gasteiger partial charge in [0.2, 0.25) is 5.69 Å². The van der Waals surface area contributed by atoms with Crippen molar-refractivity contribution in [3.63, 3.8) is 0 Å². The molecular formula is C36H39N2O+. The molecule has 3 aromatic carbocycles. The predicted octanol–water partition coefficient (Wildman–Crippen LogP) is 9.93. The van der Waals surface area contributed by atoms with Gasteiger partial charge >= 0.3 is 0 Å². The van der Waals surface area contributed by atoms with Gasteiger partial charge in [-0.3, -0.25) is 0 Å². The molecule has 39 heavy (non-hydrogen) atoms. The Balaban J connectivity index is 1.80. The van der Waals surface area contributed by atoms with Crippen LogP contribution in [-0.4, -0.2) is 0 Å². The molecule has 0 aliphatic heterocycles. The molecule has 0 atom stereocenters. The van der Waals surface area contributed by atoms with Crippen LogP contribution in [-0.2, 0) is 13.5 Å². The van der Waals surface area contributed by atoms with E-state index in [1.54, 1.807) is 0 Å². The number of rotatable bonds is 4. The molecule has 0 amide bonds. The van der Waals surface area contributed by atoms with Crippen LogP contribution in [0.25, 0.3) is 49.2 Å². The minimum atomic E-state index is 0.211. The van der Waals surface area contributed by atoms with Gasteiger partial charge in [-0.1, -0.05) is 83.1 Å². The van der Waals surface area contributed by atoms with Crippen LogP contribution in [0.3, 0.4) is 0 Å². The van der Waals surface area contributed by atoms with Crippen molar-refractivity contribution in [1.29, 1.82) is 0 Å². The molecule has 5 aromatic rings. The van der Waals surface area contributed by atoms with Gasteiger partial charge in [0.05, 0.1) is 12.1 Å². The quantitative estimate of drug-likeness (QED) is 0.172. The molecule has 0 bridgehead atoms. The minimum absolute atomic E-state index is 0.211. The molecule has 0 spiro atoms. The molecule has 0 aliphatic carbocycles. The van der Waals surface area contributed by atoms with Crippen LogP contribution in [0.15, 0.2) is 59.0 Å². The lowest BCUT2D eigenvalue weighted by molar-refractivity contribution is -0.667. The summed E-state index contributed by atoms with van der Waals surface area (Å²) >= 11 is 0. The summed E-state index contributed by atoms with van der Waals surface area (Å²) in [6.45, 7) is 25.8. The van der Waals surface area contributed by atoms with Crippen molar-refractivity contribution in [2.75, 3.05) is 0 Å². The lowest BCUT2D eigenvalue weighted by Crippen LogP contribution is -2.37. The van der Waals surface area contributed by atoms with Gasteiger partial charge in [0.1, 0.15) is 18.2 Å². The van der Waals surface area contributed by atoms with E-state index in [2.05, 4.69) is 114 Å². The van der Waals surface area contributed by atoms with Crippen molar-refractivity contribution in [1.82, 2.24) is 0 Å². The molecule has 0 N–H and O–H groups in total. The largest absolute Gasteiger partial charge is 0.456 e. The monoisotopic (exact) mass is 515 g/mol. The van der Waals surface area contributed by atoms with Crippen LogP contribution >= 0.6 is 0 Å². The zero-order chi connectivity index (χ0) is 28.2. The molecule has 3 nitrogen and oxygen atoms in total. The first-order valence-corrected chi connectivity index (χ1v) is 13.9. The fraction of sp³-hybridized carbons (Fsp3) is 0.333. The molecule has 198 valence electrons. The molecule has 3 heteroatoms. The summed E-state index contributed by atoms with van der Waals surface area (Å²) in [5.74, 6) is 0.453. The summed E-state index contributed by atoms with van der Waals surface area (Å²) in [5.41, 5.74) is 13.1. The average molecular weight is 516 g/mol. The van der Waals surface area contributed by atoms with E-state index in [4.69, 9.17) is 11.0 Å². The highest BCUT2D eigenvalue weighted by Gasteiger charge is 2.27. The van der Waals surface area contributed by atoms with Crippen molar-refractivity contribution < 1.29 is 8.98 Å². The molecular weight excluding hydrogens is 476 g/mol. The first-order chi connectivity index (χ1) is 18.4. The maximum atomic E-state index is 7.90. The number of fused-ring (bicyclic) bond motifs is 3. The van der Waals surface area contributed by atoms with Gasteiger partial charge in [-0.25, -0.2) is 4.85 Å². The Morgan fingerprint density at radius 1 is 0.846 bits per heavy atom. The Bertz CT molecular complexity index is 1770. The normalized spacial score (nSPS) is 12.0. The van der Waals surface area contributed by atoms with Gasteiger partial charge < -0.3 is 4.42 Å². The highest BCUT2D eigenvalue weighted by molar-refractivity contribution is 6.15. The summed E-state index contributed by atoms with van der Waals surface area (Å²) in [6, 6.07) is 19.2. The molecule has 0 fully saturated rings.